The molecule has 0 saturated carbocycles. The highest BCUT2D eigenvalue weighted by Crippen LogP contribution is 2.15. The van der Waals surface area contributed by atoms with Gasteiger partial charge in [0.25, 0.3) is 11.4 Å². The Labute approximate surface area is 96.7 Å². The third-order valence-corrected chi connectivity index (χ3v) is 2.13. The van der Waals surface area contributed by atoms with Gasteiger partial charge in [-0.15, -0.1) is 0 Å². The first-order chi connectivity index (χ1) is 8.16. The first-order valence-electron chi connectivity index (χ1n) is 4.92. The predicted octanol–water partition coefficient (Wildman–Crippen LogP) is 1.35. The van der Waals surface area contributed by atoms with Crippen LogP contribution in [0.3, 0.4) is 0 Å². The summed E-state index contributed by atoms with van der Waals surface area (Å²) in [6, 6.07) is 9.42. The molecule has 0 spiro atoms. The van der Waals surface area contributed by atoms with Gasteiger partial charge < -0.3 is 15.2 Å². The Morgan fingerprint density at radius 2 is 1.82 bits per heavy atom. The van der Waals surface area contributed by atoms with Gasteiger partial charge in [0, 0.05) is 0 Å². The van der Waals surface area contributed by atoms with Crippen molar-refractivity contribution in [3.8, 4) is 11.6 Å². The van der Waals surface area contributed by atoms with Crippen LogP contribution in [0.15, 0.2) is 35.1 Å². The zero-order chi connectivity index (χ0) is 12.3. The minimum atomic E-state index is -0.776. The quantitative estimate of drug-likeness (QED) is 0.726. The zero-order valence-electron chi connectivity index (χ0n) is 8.79. The number of aromatic hydroxyl groups is 2. The highest BCUT2D eigenvalue weighted by Gasteiger charge is 2.06. The summed E-state index contributed by atoms with van der Waals surface area (Å²) < 4.78 is 0. The van der Waals surface area contributed by atoms with Crippen LogP contribution in [-0.2, 0) is 0 Å². The molecule has 0 aliphatic heterocycles. The fraction of sp³-hybridized carbons (Fsp3) is 0. The number of nitrogens with zero attached hydrogens (tertiary/aromatic N) is 1. The Bertz CT molecular complexity index is 603. The first-order valence-corrected chi connectivity index (χ1v) is 4.92. The number of benzene rings is 1. The van der Waals surface area contributed by atoms with Crippen molar-refractivity contribution in [3.63, 3.8) is 0 Å². The second-order valence-electron chi connectivity index (χ2n) is 3.37. The van der Waals surface area contributed by atoms with E-state index in [0.717, 1.165) is 5.56 Å². The van der Waals surface area contributed by atoms with Crippen LogP contribution in [0.25, 0.3) is 12.2 Å². The molecule has 2 rings (SSSR count). The minimum Gasteiger partial charge on any atom is -0.499 e. The van der Waals surface area contributed by atoms with E-state index in [4.69, 9.17) is 10.2 Å². The number of hydrogen-bond acceptors (Lipinski definition) is 4. The van der Waals surface area contributed by atoms with E-state index >= 15 is 0 Å². The van der Waals surface area contributed by atoms with E-state index in [1.165, 1.54) is 6.08 Å². The van der Waals surface area contributed by atoms with Crippen LogP contribution in [0.1, 0.15) is 11.4 Å². The normalized spacial score (nSPS) is 10.8. The van der Waals surface area contributed by atoms with Crippen LogP contribution in [0.2, 0.25) is 0 Å². The summed E-state index contributed by atoms with van der Waals surface area (Å²) in [5, 5.41) is 18.2. The van der Waals surface area contributed by atoms with Crippen molar-refractivity contribution < 1.29 is 10.2 Å². The Kier molecular flexibility index (Phi) is 2.91. The summed E-state index contributed by atoms with van der Waals surface area (Å²) in [6.07, 6.45) is 3.27. The summed E-state index contributed by atoms with van der Waals surface area (Å²) in [5.41, 5.74) is 0.160. The van der Waals surface area contributed by atoms with E-state index in [2.05, 4.69) is 9.97 Å². The van der Waals surface area contributed by atoms with E-state index < -0.39 is 17.2 Å². The molecule has 1 aromatic heterocycles. The molecule has 3 N–H and O–H groups in total. The predicted molar refractivity (Wildman–Crippen MR) is 63.6 cm³/mol. The topological polar surface area (TPSA) is 86.2 Å². The third-order valence-electron chi connectivity index (χ3n) is 2.13. The summed E-state index contributed by atoms with van der Waals surface area (Å²) >= 11 is 0. The molecule has 5 heteroatoms. The van der Waals surface area contributed by atoms with E-state index in [9.17, 15) is 4.79 Å². The van der Waals surface area contributed by atoms with Gasteiger partial charge in [-0.05, 0) is 11.6 Å². The molecule has 0 aliphatic rings. The number of H-pyrrole nitrogens is 1. The number of rotatable bonds is 2. The standard InChI is InChI=1S/C12H10N2O3/c15-10-11(16)13-9(14-12(10)17)7-6-8-4-2-1-3-5-8/h1-7,15H,(H2,13,14,16,17)/b7-6+. The maximum atomic E-state index is 11.1. The van der Waals surface area contributed by atoms with Crippen LogP contribution in [0.4, 0.5) is 0 Å². The lowest BCUT2D eigenvalue weighted by molar-refractivity contribution is 0.381. The molecule has 86 valence electrons. The molecule has 1 aromatic carbocycles. The van der Waals surface area contributed by atoms with Gasteiger partial charge in [0.1, 0.15) is 5.82 Å². The Morgan fingerprint density at radius 3 is 2.47 bits per heavy atom. The summed E-state index contributed by atoms with van der Waals surface area (Å²) in [7, 11) is 0. The van der Waals surface area contributed by atoms with E-state index in [1.54, 1.807) is 6.08 Å². The smallest absolute Gasteiger partial charge is 0.297 e. The summed E-state index contributed by atoms with van der Waals surface area (Å²) in [6.45, 7) is 0. The zero-order valence-corrected chi connectivity index (χ0v) is 8.79. The summed E-state index contributed by atoms with van der Waals surface area (Å²) in [4.78, 5) is 17.1. The highest BCUT2D eigenvalue weighted by atomic mass is 16.3. The monoisotopic (exact) mass is 230 g/mol. The van der Waals surface area contributed by atoms with Crippen LogP contribution in [0.5, 0.6) is 11.6 Å². The second kappa shape index (κ2) is 4.52. The Balaban J connectivity index is 2.31. The van der Waals surface area contributed by atoms with Gasteiger partial charge >= 0.3 is 0 Å². The fourth-order valence-electron chi connectivity index (χ4n) is 1.29. The Hall–Kier alpha value is -2.56. The van der Waals surface area contributed by atoms with Gasteiger partial charge in [0.15, 0.2) is 0 Å². The van der Waals surface area contributed by atoms with Crippen molar-refractivity contribution in [1.29, 1.82) is 0 Å². The molecule has 5 nitrogen and oxygen atoms in total. The molecular formula is C12H10N2O3. The first kappa shape index (κ1) is 10.9. The van der Waals surface area contributed by atoms with Crippen molar-refractivity contribution >= 4 is 12.2 Å². The molecular weight excluding hydrogens is 220 g/mol. The number of aromatic amines is 1. The van der Waals surface area contributed by atoms with Crippen molar-refractivity contribution in [2.24, 2.45) is 0 Å². The minimum absolute atomic E-state index is 0.175. The maximum Gasteiger partial charge on any atom is 0.297 e. The van der Waals surface area contributed by atoms with Gasteiger partial charge in [-0.2, -0.15) is 4.98 Å². The fourth-order valence-corrected chi connectivity index (χ4v) is 1.29. The van der Waals surface area contributed by atoms with Crippen molar-refractivity contribution in [1.82, 2.24) is 9.97 Å². The van der Waals surface area contributed by atoms with Crippen molar-refractivity contribution in [2.45, 2.75) is 0 Å². The molecule has 17 heavy (non-hydrogen) atoms. The third kappa shape index (κ3) is 2.52. The van der Waals surface area contributed by atoms with Crippen LogP contribution in [-0.4, -0.2) is 20.2 Å². The van der Waals surface area contributed by atoms with Gasteiger partial charge in [-0.1, -0.05) is 36.4 Å². The largest absolute Gasteiger partial charge is 0.499 e. The highest BCUT2D eigenvalue weighted by molar-refractivity contribution is 5.66. The lowest BCUT2D eigenvalue weighted by Crippen LogP contribution is -2.08. The SMILES string of the molecule is O=c1[nH]c(/C=C/c2ccccc2)nc(O)c1O. The molecule has 0 aliphatic carbocycles. The molecule has 0 fully saturated rings. The molecule has 0 amide bonds. The van der Waals surface area contributed by atoms with Gasteiger partial charge in [0.2, 0.25) is 5.75 Å². The van der Waals surface area contributed by atoms with Crippen LogP contribution < -0.4 is 5.56 Å². The Morgan fingerprint density at radius 1 is 1.12 bits per heavy atom. The van der Waals surface area contributed by atoms with Crippen molar-refractivity contribution in [2.75, 3.05) is 0 Å². The number of aromatic nitrogens is 2. The van der Waals surface area contributed by atoms with Gasteiger partial charge in [-0.25, -0.2) is 0 Å². The molecule has 0 saturated heterocycles. The average Bonchev–Trinajstić information content (AvgIpc) is 2.34. The molecule has 2 aromatic rings. The lowest BCUT2D eigenvalue weighted by Gasteiger charge is -1.97. The van der Waals surface area contributed by atoms with E-state index in [-0.39, 0.29) is 5.82 Å². The average molecular weight is 230 g/mol. The van der Waals surface area contributed by atoms with Gasteiger partial charge in [-0.3, -0.25) is 4.79 Å². The second-order valence-corrected chi connectivity index (χ2v) is 3.37. The van der Waals surface area contributed by atoms with Crippen LogP contribution in [0, 0.1) is 0 Å². The molecule has 1 heterocycles. The van der Waals surface area contributed by atoms with Gasteiger partial charge in [0.05, 0.1) is 0 Å². The molecule has 0 radical (unpaired) electrons. The number of hydrogen-bond donors (Lipinski definition) is 3. The maximum absolute atomic E-state index is 11.1. The molecule has 0 unspecified atom stereocenters. The van der Waals surface area contributed by atoms with Crippen LogP contribution >= 0.6 is 0 Å². The number of nitrogens with one attached hydrogen (secondary N) is 1. The molecule has 0 bridgehead atoms. The summed E-state index contributed by atoms with van der Waals surface area (Å²) in [5.74, 6) is -1.28. The van der Waals surface area contributed by atoms with Crippen molar-refractivity contribution in [3.05, 3.63) is 52.1 Å². The lowest BCUT2D eigenvalue weighted by atomic mass is 10.2. The van der Waals surface area contributed by atoms with E-state index in [0.29, 0.717) is 0 Å². The molecule has 0 atom stereocenters. The van der Waals surface area contributed by atoms with E-state index in [1.807, 2.05) is 30.3 Å².